The molecular weight excluding hydrogens is 313 g/mol. The molecule has 4 nitrogen and oxygen atoms in total. The Hall–Kier alpha value is -1.18. The first-order valence-electron chi connectivity index (χ1n) is 7.22. The van der Waals surface area contributed by atoms with Gasteiger partial charge in [0.05, 0.1) is 0 Å². The molecule has 1 atom stereocenters. The maximum Gasteiger partial charge on any atom is 0.433 e. The average molecular weight is 334 g/mol. The van der Waals surface area contributed by atoms with Crippen LogP contribution in [0.1, 0.15) is 25.0 Å². The summed E-state index contributed by atoms with van der Waals surface area (Å²) in [6, 6.07) is 0.993. The highest BCUT2D eigenvalue weighted by molar-refractivity contribution is 7.99. The lowest BCUT2D eigenvalue weighted by Crippen LogP contribution is -2.32. The molecule has 0 aromatic carbocycles. The van der Waals surface area contributed by atoms with Crippen LogP contribution in [0.25, 0.3) is 0 Å². The van der Waals surface area contributed by atoms with Crippen molar-refractivity contribution in [1.82, 2.24) is 9.97 Å². The Bertz CT molecular complexity index is 507. The van der Waals surface area contributed by atoms with Gasteiger partial charge in [0.25, 0.3) is 0 Å². The smallest absolute Gasteiger partial charge is 0.363 e. The molecule has 0 spiro atoms. The first kappa shape index (κ1) is 17.2. The Morgan fingerprint density at radius 1 is 1.27 bits per heavy atom. The first-order valence-corrected chi connectivity index (χ1v) is 8.51. The van der Waals surface area contributed by atoms with E-state index < -0.39 is 11.9 Å². The Morgan fingerprint density at radius 3 is 2.59 bits per heavy atom. The average Bonchev–Trinajstić information content (AvgIpc) is 2.71. The van der Waals surface area contributed by atoms with Crippen LogP contribution < -0.4 is 9.80 Å². The standard InChI is InChI=1S/C14H21F3N4S/c1-20(2)12-8-11(14(15,16)17)18-13(19-12)21-7-5-4-6-10(9-21)22-3/h8,10H,4-7,9H2,1-3H3. The molecule has 124 valence electrons. The number of aromatic nitrogens is 2. The number of rotatable bonds is 3. The second-order valence-electron chi connectivity index (χ2n) is 5.60. The zero-order valence-corrected chi connectivity index (χ0v) is 13.8. The SMILES string of the molecule is CSC1CCCCN(c2nc(N(C)C)cc(C(F)(F)F)n2)C1. The lowest BCUT2D eigenvalue weighted by atomic mass is 10.2. The summed E-state index contributed by atoms with van der Waals surface area (Å²) in [6.07, 6.45) is 0.687. The molecule has 0 saturated carbocycles. The highest BCUT2D eigenvalue weighted by atomic mass is 32.2. The summed E-state index contributed by atoms with van der Waals surface area (Å²) >= 11 is 1.75. The molecule has 1 fully saturated rings. The van der Waals surface area contributed by atoms with Crippen molar-refractivity contribution in [3.05, 3.63) is 11.8 Å². The lowest BCUT2D eigenvalue weighted by Gasteiger charge is -2.25. The minimum atomic E-state index is -4.47. The molecule has 22 heavy (non-hydrogen) atoms. The minimum Gasteiger partial charge on any atom is -0.363 e. The van der Waals surface area contributed by atoms with E-state index in [9.17, 15) is 13.2 Å². The highest BCUT2D eigenvalue weighted by Crippen LogP contribution is 2.31. The molecule has 1 aliphatic rings. The van der Waals surface area contributed by atoms with Gasteiger partial charge in [-0.05, 0) is 19.1 Å². The van der Waals surface area contributed by atoms with Gasteiger partial charge in [-0.3, -0.25) is 0 Å². The van der Waals surface area contributed by atoms with Gasteiger partial charge in [0.2, 0.25) is 5.95 Å². The second kappa shape index (κ2) is 6.93. The van der Waals surface area contributed by atoms with Crippen molar-refractivity contribution in [2.24, 2.45) is 0 Å². The summed E-state index contributed by atoms with van der Waals surface area (Å²) < 4.78 is 39.2. The van der Waals surface area contributed by atoms with Crippen LogP contribution in [0.2, 0.25) is 0 Å². The van der Waals surface area contributed by atoms with E-state index in [1.54, 1.807) is 30.8 Å². The monoisotopic (exact) mass is 334 g/mol. The molecule has 0 bridgehead atoms. The summed E-state index contributed by atoms with van der Waals surface area (Å²) in [5, 5.41) is 0.406. The van der Waals surface area contributed by atoms with Crippen LogP contribution >= 0.6 is 11.8 Å². The van der Waals surface area contributed by atoms with Gasteiger partial charge in [-0.1, -0.05) is 6.42 Å². The van der Waals surface area contributed by atoms with Gasteiger partial charge in [0.1, 0.15) is 5.82 Å². The fourth-order valence-electron chi connectivity index (χ4n) is 2.41. The number of nitrogens with zero attached hydrogens (tertiary/aromatic N) is 4. The zero-order chi connectivity index (χ0) is 16.3. The largest absolute Gasteiger partial charge is 0.433 e. The van der Waals surface area contributed by atoms with Gasteiger partial charge in [-0.15, -0.1) is 0 Å². The third-order valence-electron chi connectivity index (χ3n) is 3.69. The predicted octanol–water partition coefficient (Wildman–Crippen LogP) is 3.28. The molecular formula is C14H21F3N4S. The number of hydrogen-bond donors (Lipinski definition) is 0. The van der Waals surface area contributed by atoms with Crippen LogP contribution in [-0.2, 0) is 6.18 Å². The van der Waals surface area contributed by atoms with E-state index in [-0.39, 0.29) is 11.8 Å². The van der Waals surface area contributed by atoms with Crippen LogP contribution in [0.5, 0.6) is 0 Å². The second-order valence-corrected chi connectivity index (χ2v) is 6.74. The van der Waals surface area contributed by atoms with Gasteiger partial charge in [-0.25, -0.2) is 4.98 Å². The van der Waals surface area contributed by atoms with Gasteiger partial charge < -0.3 is 9.80 Å². The molecule has 0 N–H and O–H groups in total. The molecule has 8 heteroatoms. The van der Waals surface area contributed by atoms with E-state index in [1.807, 2.05) is 11.2 Å². The molecule has 1 aromatic rings. The number of halogens is 3. The van der Waals surface area contributed by atoms with Crippen LogP contribution in [-0.4, -0.2) is 48.7 Å². The normalized spacial score (nSPS) is 19.9. The fourth-order valence-corrected chi connectivity index (χ4v) is 3.15. The summed E-state index contributed by atoms with van der Waals surface area (Å²) in [4.78, 5) is 11.5. The van der Waals surface area contributed by atoms with Gasteiger partial charge in [-0.2, -0.15) is 29.9 Å². The van der Waals surface area contributed by atoms with Crippen molar-refractivity contribution in [2.45, 2.75) is 30.7 Å². The Balaban J connectivity index is 2.37. The highest BCUT2D eigenvalue weighted by Gasteiger charge is 2.34. The minimum absolute atomic E-state index is 0.180. The summed E-state index contributed by atoms with van der Waals surface area (Å²) in [7, 11) is 3.36. The Kier molecular flexibility index (Phi) is 5.41. The molecule has 0 aliphatic carbocycles. The van der Waals surface area contributed by atoms with E-state index in [2.05, 4.69) is 9.97 Å². The molecule has 2 heterocycles. The maximum atomic E-state index is 13.1. The molecule has 2 rings (SSSR count). The van der Waals surface area contributed by atoms with Crippen LogP contribution in [0, 0.1) is 0 Å². The van der Waals surface area contributed by atoms with Crippen LogP contribution in [0.3, 0.4) is 0 Å². The number of alkyl halides is 3. The third kappa shape index (κ3) is 4.18. The van der Waals surface area contributed by atoms with Crippen LogP contribution in [0.15, 0.2) is 6.07 Å². The molecule has 0 radical (unpaired) electrons. The Labute approximate surface area is 133 Å². The van der Waals surface area contributed by atoms with Crippen molar-refractivity contribution in [1.29, 1.82) is 0 Å². The van der Waals surface area contributed by atoms with Gasteiger partial charge in [0, 0.05) is 38.5 Å². The van der Waals surface area contributed by atoms with Crippen molar-refractivity contribution in [3.8, 4) is 0 Å². The molecule has 1 aliphatic heterocycles. The summed E-state index contributed by atoms with van der Waals surface area (Å²) in [5.41, 5.74) is -0.883. The van der Waals surface area contributed by atoms with E-state index >= 15 is 0 Å². The van der Waals surface area contributed by atoms with Crippen molar-refractivity contribution >= 4 is 23.5 Å². The number of hydrogen-bond acceptors (Lipinski definition) is 5. The van der Waals surface area contributed by atoms with E-state index in [1.165, 1.54) is 0 Å². The summed E-state index contributed by atoms with van der Waals surface area (Å²) in [5.74, 6) is 0.460. The van der Waals surface area contributed by atoms with Crippen molar-refractivity contribution in [3.63, 3.8) is 0 Å². The summed E-state index contributed by atoms with van der Waals surface area (Å²) in [6.45, 7) is 1.39. The van der Waals surface area contributed by atoms with Crippen molar-refractivity contribution < 1.29 is 13.2 Å². The van der Waals surface area contributed by atoms with Crippen LogP contribution in [0.4, 0.5) is 24.9 Å². The number of anilines is 2. The molecule has 0 amide bonds. The quantitative estimate of drug-likeness (QED) is 0.847. The molecule has 1 saturated heterocycles. The first-order chi connectivity index (χ1) is 10.3. The van der Waals surface area contributed by atoms with Gasteiger partial charge >= 0.3 is 6.18 Å². The molecule has 1 aromatic heterocycles. The topological polar surface area (TPSA) is 32.3 Å². The van der Waals surface area contributed by atoms with Gasteiger partial charge in [0.15, 0.2) is 5.69 Å². The van der Waals surface area contributed by atoms with Crippen molar-refractivity contribution in [2.75, 3.05) is 43.2 Å². The van der Waals surface area contributed by atoms with E-state index in [4.69, 9.17) is 0 Å². The molecule has 1 unspecified atom stereocenters. The third-order valence-corrected chi connectivity index (χ3v) is 4.75. The lowest BCUT2D eigenvalue weighted by molar-refractivity contribution is -0.141. The zero-order valence-electron chi connectivity index (χ0n) is 13.0. The maximum absolute atomic E-state index is 13.1. The predicted molar refractivity (Wildman–Crippen MR) is 84.7 cm³/mol. The van der Waals surface area contributed by atoms with E-state index in [0.717, 1.165) is 25.3 Å². The Morgan fingerprint density at radius 2 is 2.00 bits per heavy atom. The fraction of sp³-hybridized carbons (Fsp3) is 0.714. The van der Waals surface area contributed by atoms with E-state index in [0.29, 0.717) is 18.3 Å². The number of thioether (sulfide) groups is 1.